The van der Waals surface area contributed by atoms with Crippen molar-refractivity contribution in [2.24, 2.45) is 0 Å². The quantitative estimate of drug-likeness (QED) is 0.648. The van der Waals surface area contributed by atoms with Crippen LogP contribution < -0.4 is 5.32 Å². The molecule has 0 fully saturated rings. The zero-order valence-electron chi connectivity index (χ0n) is 15.4. The summed E-state index contributed by atoms with van der Waals surface area (Å²) in [7, 11) is -3.35. The van der Waals surface area contributed by atoms with Gasteiger partial charge in [-0.15, -0.1) is 0 Å². The van der Waals surface area contributed by atoms with Crippen LogP contribution in [0.2, 0.25) is 0 Å². The molecular weight excluding hydrogens is 376 g/mol. The smallest absolute Gasteiger partial charge is 0.287 e. The number of para-hydroxylation sites is 1. The lowest BCUT2D eigenvalue weighted by Crippen LogP contribution is -2.38. The summed E-state index contributed by atoms with van der Waals surface area (Å²) in [5, 5.41) is 3.60. The molecule has 2 heterocycles. The average molecular weight is 398 g/mol. The first-order valence-corrected chi connectivity index (χ1v) is 11.0. The molecule has 3 aromatic rings. The zero-order valence-corrected chi connectivity index (χ0v) is 16.2. The van der Waals surface area contributed by atoms with Crippen molar-refractivity contribution in [1.29, 1.82) is 0 Å². The third-order valence-corrected chi connectivity index (χ3v) is 6.91. The topological polar surface area (TPSA) is 79.6 Å². The molecule has 1 aliphatic rings. The van der Waals surface area contributed by atoms with Crippen LogP contribution in [0.25, 0.3) is 11.0 Å². The minimum Gasteiger partial charge on any atom is -0.451 e. The maximum atomic E-state index is 12.6. The van der Waals surface area contributed by atoms with Crippen LogP contribution >= 0.6 is 0 Å². The largest absolute Gasteiger partial charge is 0.451 e. The molecule has 0 saturated heterocycles. The van der Waals surface area contributed by atoms with E-state index < -0.39 is 10.0 Å². The second-order valence-electron chi connectivity index (χ2n) is 6.93. The first-order valence-electron chi connectivity index (χ1n) is 9.34. The Hall–Kier alpha value is -2.64. The molecule has 0 bridgehead atoms. The number of hydrogen-bond acceptors (Lipinski definition) is 4. The number of nitrogens with one attached hydrogen (secondary N) is 1. The van der Waals surface area contributed by atoms with Crippen molar-refractivity contribution < 1.29 is 17.6 Å². The van der Waals surface area contributed by atoms with Crippen molar-refractivity contribution in [2.45, 2.75) is 19.4 Å². The number of nitrogens with zero attached hydrogens (tertiary/aromatic N) is 1. The molecule has 6 nitrogen and oxygen atoms in total. The molecule has 4 rings (SSSR count). The summed E-state index contributed by atoms with van der Waals surface area (Å²) in [5.41, 5.74) is 2.93. The van der Waals surface area contributed by atoms with Crippen molar-refractivity contribution in [3.05, 3.63) is 71.5 Å². The van der Waals surface area contributed by atoms with E-state index in [1.165, 1.54) is 9.87 Å². The highest BCUT2D eigenvalue weighted by Gasteiger charge is 2.26. The van der Waals surface area contributed by atoms with Crippen molar-refractivity contribution in [2.75, 3.05) is 18.8 Å². The Bertz CT molecular complexity index is 1070. The van der Waals surface area contributed by atoms with Gasteiger partial charge in [0.25, 0.3) is 5.91 Å². The lowest BCUT2D eigenvalue weighted by Gasteiger charge is -2.28. The number of rotatable bonds is 6. The van der Waals surface area contributed by atoms with Crippen LogP contribution in [-0.4, -0.2) is 37.5 Å². The molecule has 146 valence electrons. The summed E-state index contributed by atoms with van der Waals surface area (Å²) >= 11 is 0. The fourth-order valence-electron chi connectivity index (χ4n) is 3.47. The maximum absolute atomic E-state index is 12.6. The minimum absolute atomic E-state index is 0.00950. The Labute approximate surface area is 164 Å². The standard InChI is InChI=1S/C21H22N2O4S/c24-21(20-14-17-7-3-4-9-19(17)27-20)22-11-5-13-28(25,26)23-12-10-16-6-1-2-8-18(16)15-23/h1-4,6-9,14H,5,10-13,15H2,(H,22,24). The van der Waals surface area contributed by atoms with Crippen LogP contribution in [0, 0.1) is 0 Å². The summed E-state index contributed by atoms with van der Waals surface area (Å²) in [5.74, 6) is -0.0903. The molecule has 0 saturated carbocycles. The molecule has 0 atom stereocenters. The number of furan rings is 1. The van der Waals surface area contributed by atoms with Crippen LogP contribution in [-0.2, 0) is 23.0 Å². The number of carbonyl (C=O) groups excluding carboxylic acids is 1. The summed E-state index contributed by atoms with van der Waals surface area (Å²) in [6.45, 7) is 1.20. The van der Waals surface area contributed by atoms with Gasteiger partial charge in [0.15, 0.2) is 5.76 Å². The van der Waals surface area contributed by atoms with E-state index in [1.807, 2.05) is 42.5 Å². The third-order valence-electron chi connectivity index (χ3n) is 5.00. The number of carbonyl (C=O) groups is 1. The first-order chi connectivity index (χ1) is 13.5. The Kier molecular flexibility index (Phi) is 5.19. The molecule has 0 aliphatic carbocycles. The Morgan fingerprint density at radius 1 is 1.07 bits per heavy atom. The molecular formula is C21H22N2O4S. The SMILES string of the molecule is O=C(NCCCS(=O)(=O)N1CCc2ccccc2C1)c1cc2ccccc2o1. The highest BCUT2D eigenvalue weighted by molar-refractivity contribution is 7.89. The molecule has 0 radical (unpaired) electrons. The van der Waals surface area contributed by atoms with Crippen LogP contribution in [0.1, 0.15) is 28.1 Å². The van der Waals surface area contributed by atoms with E-state index in [2.05, 4.69) is 5.32 Å². The molecule has 7 heteroatoms. The van der Waals surface area contributed by atoms with Gasteiger partial charge in [-0.05, 0) is 36.1 Å². The van der Waals surface area contributed by atoms with Crippen molar-refractivity contribution in [3.63, 3.8) is 0 Å². The second-order valence-corrected chi connectivity index (χ2v) is 9.01. The Morgan fingerprint density at radius 2 is 1.82 bits per heavy atom. The fraction of sp³-hybridized carbons (Fsp3) is 0.286. The Balaban J connectivity index is 1.29. The van der Waals surface area contributed by atoms with Gasteiger partial charge in [-0.2, -0.15) is 4.31 Å². The fourth-order valence-corrected chi connectivity index (χ4v) is 4.95. The molecule has 1 aromatic heterocycles. The van der Waals surface area contributed by atoms with Crippen molar-refractivity contribution in [3.8, 4) is 0 Å². The van der Waals surface area contributed by atoms with Crippen LogP contribution in [0.3, 0.4) is 0 Å². The molecule has 0 unspecified atom stereocenters. The van der Waals surface area contributed by atoms with Gasteiger partial charge >= 0.3 is 0 Å². The van der Waals surface area contributed by atoms with Gasteiger partial charge in [0.05, 0.1) is 5.75 Å². The van der Waals surface area contributed by atoms with Gasteiger partial charge < -0.3 is 9.73 Å². The van der Waals surface area contributed by atoms with Crippen molar-refractivity contribution in [1.82, 2.24) is 9.62 Å². The molecule has 1 aliphatic heterocycles. The van der Waals surface area contributed by atoms with Gasteiger partial charge in [0, 0.05) is 25.0 Å². The second kappa shape index (κ2) is 7.77. The maximum Gasteiger partial charge on any atom is 0.287 e. The summed E-state index contributed by atoms with van der Waals surface area (Å²) in [6.07, 6.45) is 1.09. The molecule has 1 N–H and O–H groups in total. The summed E-state index contributed by atoms with van der Waals surface area (Å²) in [6, 6.07) is 17.0. The van der Waals surface area contributed by atoms with Gasteiger partial charge in [-0.3, -0.25) is 4.79 Å². The molecule has 2 aromatic carbocycles. The van der Waals surface area contributed by atoms with E-state index in [1.54, 1.807) is 12.1 Å². The monoisotopic (exact) mass is 398 g/mol. The molecule has 28 heavy (non-hydrogen) atoms. The van der Waals surface area contributed by atoms with Crippen molar-refractivity contribution >= 4 is 26.9 Å². The van der Waals surface area contributed by atoms with Crippen LogP contribution in [0.4, 0.5) is 0 Å². The third kappa shape index (κ3) is 3.95. The summed E-state index contributed by atoms with van der Waals surface area (Å²) in [4.78, 5) is 12.2. The number of sulfonamides is 1. The van der Waals surface area contributed by atoms with Crippen LogP contribution in [0.15, 0.2) is 59.0 Å². The van der Waals surface area contributed by atoms with E-state index in [9.17, 15) is 13.2 Å². The van der Waals surface area contributed by atoms with E-state index in [4.69, 9.17) is 4.42 Å². The average Bonchev–Trinajstić information content (AvgIpc) is 3.15. The van der Waals surface area contributed by atoms with Gasteiger partial charge in [0.1, 0.15) is 5.58 Å². The van der Waals surface area contributed by atoms with Gasteiger partial charge in [-0.25, -0.2) is 8.42 Å². The number of benzene rings is 2. The molecule has 1 amide bonds. The lowest BCUT2D eigenvalue weighted by atomic mass is 10.0. The van der Waals surface area contributed by atoms with E-state index >= 15 is 0 Å². The summed E-state index contributed by atoms with van der Waals surface area (Å²) < 4.78 is 32.3. The predicted octanol–water partition coefficient (Wildman–Crippen LogP) is 2.94. The first kappa shape index (κ1) is 18.7. The predicted molar refractivity (Wildman–Crippen MR) is 108 cm³/mol. The van der Waals surface area contributed by atoms with Gasteiger partial charge in [0.2, 0.25) is 10.0 Å². The van der Waals surface area contributed by atoms with E-state index in [0.717, 1.165) is 17.4 Å². The number of fused-ring (bicyclic) bond motifs is 2. The van der Waals surface area contributed by atoms with Crippen LogP contribution in [0.5, 0.6) is 0 Å². The molecule has 0 spiro atoms. The number of amides is 1. The highest BCUT2D eigenvalue weighted by atomic mass is 32.2. The zero-order chi connectivity index (χ0) is 19.6. The Morgan fingerprint density at radius 3 is 2.64 bits per heavy atom. The number of hydrogen-bond donors (Lipinski definition) is 1. The lowest BCUT2D eigenvalue weighted by molar-refractivity contribution is 0.0928. The highest BCUT2D eigenvalue weighted by Crippen LogP contribution is 2.21. The van der Waals surface area contributed by atoms with Gasteiger partial charge in [-0.1, -0.05) is 42.5 Å². The normalized spacial score (nSPS) is 14.7. The minimum atomic E-state index is -3.35. The van der Waals surface area contributed by atoms with E-state index in [0.29, 0.717) is 25.1 Å². The van der Waals surface area contributed by atoms with E-state index in [-0.39, 0.29) is 24.0 Å².